The van der Waals surface area contributed by atoms with Gasteiger partial charge < -0.3 is 19.5 Å². The van der Waals surface area contributed by atoms with Gasteiger partial charge in [-0.2, -0.15) is 17.6 Å². The van der Waals surface area contributed by atoms with Crippen LogP contribution in [-0.2, 0) is 4.74 Å². The first kappa shape index (κ1) is 20.9. The number of hydrogen-bond acceptors (Lipinski definition) is 4. The first-order valence-electron chi connectivity index (χ1n) is 9.13. The number of hydrogen-bond donors (Lipinski definition) is 1. The normalized spacial score (nSPS) is 25.2. The SMILES string of the molecule is CC1(O)CCOC2(CCN(C(=O)c3ccccc3OC(F)(F)C(F)F)CC2)C1. The molecule has 2 fully saturated rings. The Morgan fingerprint density at radius 3 is 2.50 bits per heavy atom. The molecule has 2 aliphatic rings. The molecule has 1 spiro atoms. The van der Waals surface area contributed by atoms with Crippen molar-refractivity contribution in [3.63, 3.8) is 0 Å². The predicted octanol–water partition coefficient (Wildman–Crippen LogP) is 3.46. The molecule has 9 heteroatoms. The number of piperidine rings is 1. The number of carbonyl (C=O) groups is 1. The molecule has 0 radical (unpaired) electrons. The highest BCUT2D eigenvalue weighted by molar-refractivity contribution is 5.97. The van der Waals surface area contributed by atoms with E-state index in [2.05, 4.69) is 4.74 Å². The van der Waals surface area contributed by atoms with E-state index in [0.717, 1.165) is 6.07 Å². The Morgan fingerprint density at radius 2 is 1.89 bits per heavy atom. The number of benzene rings is 1. The van der Waals surface area contributed by atoms with Gasteiger partial charge in [0.2, 0.25) is 0 Å². The number of alkyl halides is 4. The van der Waals surface area contributed by atoms with Crippen LogP contribution in [0, 0.1) is 0 Å². The molecule has 0 aromatic heterocycles. The third-order valence-corrected chi connectivity index (χ3v) is 5.33. The first-order chi connectivity index (χ1) is 13.0. The fraction of sp³-hybridized carbons (Fsp3) is 0.632. The Morgan fingerprint density at radius 1 is 1.25 bits per heavy atom. The van der Waals surface area contributed by atoms with E-state index in [-0.39, 0.29) is 5.56 Å². The molecular weight excluding hydrogens is 382 g/mol. The van der Waals surface area contributed by atoms with Crippen LogP contribution in [0.1, 0.15) is 43.0 Å². The lowest BCUT2D eigenvalue weighted by Gasteiger charge is -2.48. The van der Waals surface area contributed by atoms with Gasteiger partial charge in [0.1, 0.15) is 5.75 Å². The third kappa shape index (κ3) is 4.41. The highest BCUT2D eigenvalue weighted by Crippen LogP contribution is 2.40. The van der Waals surface area contributed by atoms with Crippen LogP contribution >= 0.6 is 0 Å². The summed E-state index contributed by atoms with van der Waals surface area (Å²) in [5.41, 5.74) is -1.54. The van der Waals surface area contributed by atoms with E-state index >= 15 is 0 Å². The van der Waals surface area contributed by atoms with Gasteiger partial charge in [0.05, 0.1) is 23.4 Å². The smallest absolute Gasteiger partial charge is 0.427 e. The molecular formula is C19H23F4NO4. The van der Waals surface area contributed by atoms with Crippen LogP contribution in [0.25, 0.3) is 0 Å². The highest BCUT2D eigenvalue weighted by Gasteiger charge is 2.46. The van der Waals surface area contributed by atoms with Crippen molar-refractivity contribution in [2.24, 2.45) is 0 Å². The van der Waals surface area contributed by atoms with Gasteiger partial charge in [0.15, 0.2) is 0 Å². The first-order valence-corrected chi connectivity index (χ1v) is 9.13. The molecule has 28 heavy (non-hydrogen) atoms. The van der Waals surface area contributed by atoms with Crippen LogP contribution < -0.4 is 4.74 Å². The minimum atomic E-state index is -4.69. The molecule has 0 saturated carbocycles. The van der Waals surface area contributed by atoms with Crippen molar-refractivity contribution in [2.45, 2.75) is 56.3 Å². The number of likely N-dealkylation sites (tertiary alicyclic amines) is 1. The zero-order valence-corrected chi connectivity index (χ0v) is 15.5. The topological polar surface area (TPSA) is 59.0 Å². The molecule has 156 valence electrons. The molecule has 1 atom stereocenters. The summed E-state index contributed by atoms with van der Waals surface area (Å²) in [6.07, 6.45) is -6.72. The summed E-state index contributed by atoms with van der Waals surface area (Å²) >= 11 is 0. The van der Waals surface area contributed by atoms with Crippen LogP contribution in [0.4, 0.5) is 17.6 Å². The van der Waals surface area contributed by atoms with Crippen LogP contribution in [0.5, 0.6) is 5.75 Å². The lowest BCUT2D eigenvalue weighted by Crippen LogP contribution is -2.54. The molecule has 2 aliphatic heterocycles. The van der Waals surface area contributed by atoms with Crippen molar-refractivity contribution in [2.75, 3.05) is 19.7 Å². The molecule has 1 aromatic rings. The molecule has 3 rings (SSSR count). The van der Waals surface area contributed by atoms with Gasteiger partial charge in [-0.3, -0.25) is 4.79 Å². The van der Waals surface area contributed by atoms with Crippen LogP contribution in [0.3, 0.4) is 0 Å². The molecule has 0 aliphatic carbocycles. The summed E-state index contributed by atoms with van der Waals surface area (Å²) in [5, 5.41) is 10.3. The summed E-state index contributed by atoms with van der Waals surface area (Å²) in [7, 11) is 0. The molecule has 1 aromatic carbocycles. The molecule has 1 N–H and O–H groups in total. The van der Waals surface area contributed by atoms with Gasteiger partial charge in [-0.25, -0.2) is 0 Å². The fourth-order valence-electron chi connectivity index (χ4n) is 3.85. The monoisotopic (exact) mass is 405 g/mol. The molecule has 2 heterocycles. The average Bonchev–Trinajstić information content (AvgIpc) is 2.61. The van der Waals surface area contributed by atoms with E-state index < -0.39 is 35.4 Å². The summed E-state index contributed by atoms with van der Waals surface area (Å²) in [6, 6.07) is 5.12. The van der Waals surface area contributed by atoms with Gasteiger partial charge in [-0.05, 0) is 38.3 Å². The standard InChI is InChI=1S/C19H23F4NO4/c1-17(26)8-11-27-18(12-17)6-9-24(10-7-18)15(25)13-4-2-3-5-14(13)28-19(22,23)16(20)21/h2-5,16,26H,6-12H2,1H3. The molecule has 0 bridgehead atoms. The second-order valence-electron chi connectivity index (χ2n) is 7.71. The maximum Gasteiger partial charge on any atom is 0.461 e. The molecule has 1 unspecified atom stereocenters. The number of rotatable bonds is 4. The average molecular weight is 405 g/mol. The van der Waals surface area contributed by atoms with E-state index in [1.165, 1.54) is 23.1 Å². The summed E-state index contributed by atoms with van der Waals surface area (Å²) in [6.45, 7) is 2.79. The van der Waals surface area contributed by atoms with E-state index in [4.69, 9.17) is 4.74 Å². The van der Waals surface area contributed by atoms with Crippen molar-refractivity contribution in [3.8, 4) is 5.75 Å². The lowest BCUT2D eigenvalue weighted by molar-refractivity contribution is -0.253. The number of para-hydroxylation sites is 1. The quantitative estimate of drug-likeness (QED) is 0.780. The van der Waals surface area contributed by atoms with Crippen LogP contribution in [-0.4, -0.2) is 59.3 Å². The summed E-state index contributed by atoms with van der Waals surface area (Å²) < 4.78 is 61.5. The number of amides is 1. The summed E-state index contributed by atoms with van der Waals surface area (Å²) in [4.78, 5) is 14.3. The van der Waals surface area contributed by atoms with Gasteiger partial charge in [0, 0.05) is 19.5 Å². The van der Waals surface area contributed by atoms with Crippen molar-refractivity contribution in [1.82, 2.24) is 4.90 Å². The van der Waals surface area contributed by atoms with Gasteiger partial charge in [0.25, 0.3) is 5.91 Å². The number of aliphatic hydroxyl groups is 1. The Bertz CT molecular complexity index is 718. The van der Waals surface area contributed by atoms with Crippen molar-refractivity contribution < 1.29 is 36.9 Å². The van der Waals surface area contributed by atoms with E-state index in [1.54, 1.807) is 6.92 Å². The van der Waals surface area contributed by atoms with Crippen molar-refractivity contribution >= 4 is 5.91 Å². The molecule has 2 saturated heterocycles. The Kier molecular flexibility index (Phi) is 5.60. The van der Waals surface area contributed by atoms with E-state index in [1.807, 2.05) is 0 Å². The Hall–Kier alpha value is -1.87. The second kappa shape index (κ2) is 7.51. The van der Waals surface area contributed by atoms with E-state index in [0.29, 0.717) is 45.4 Å². The van der Waals surface area contributed by atoms with E-state index in [9.17, 15) is 27.5 Å². The zero-order valence-electron chi connectivity index (χ0n) is 15.5. The van der Waals surface area contributed by atoms with Gasteiger partial charge >= 0.3 is 12.5 Å². The van der Waals surface area contributed by atoms with Gasteiger partial charge in [-0.1, -0.05) is 12.1 Å². The Balaban J connectivity index is 1.71. The van der Waals surface area contributed by atoms with Crippen LogP contribution in [0.2, 0.25) is 0 Å². The minimum absolute atomic E-state index is 0.199. The number of carbonyl (C=O) groups excluding carboxylic acids is 1. The largest absolute Gasteiger partial charge is 0.461 e. The third-order valence-electron chi connectivity index (χ3n) is 5.33. The highest BCUT2D eigenvalue weighted by atomic mass is 19.3. The van der Waals surface area contributed by atoms with Crippen LogP contribution in [0.15, 0.2) is 24.3 Å². The maximum absolute atomic E-state index is 13.3. The predicted molar refractivity (Wildman–Crippen MR) is 91.7 cm³/mol. The second-order valence-corrected chi connectivity index (χ2v) is 7.71. The lowest BCUT2D eigenvalue weighted by atomic mass is 9.78. The minimum Gasteiger partial charge on any atom is -0.427 e. The molecule has 1 amide bonds. The van der Waals surface area contributed by atoms with Crippen molar-refractivity contribution in [3.05, 3.63) is 29.8 Å². The number of ether oxygens (including phenoxy) is 2. The van der Waals surface area contributed by atoms with Crippen molar-refractivity contribution in [1.29, 1.82) is 0 Å². The Labute approximate surface area is 160 Å². The molecule has 5 nitrogen and oxygen atoms in total. The maximum atomic E-state index is 13.3. The van der Waals surface area contributed by atoms with Gasteiger partial charge in [-0.15, -0.1) is 0 Å². The number of nitrogens with zero attached hydrogens (tertiary/aromatic N) is 1. The number of halogens is 4. The zero-order chi connectivity index (χ0) is 20.6. The fourth-order valence-corrected chi connectivity index (χ4v) is 3.85. The summed E-state index contributed by atoms with van der Waals surface area (Å²) in [5.74, 6) is -1.16.